The van der Waals surface area contributed by atoms with Crippen molar-refractivity contribution in [3.63, 3.8) is 0 Å². The Labute approximate surface area is 238 Å². The third-order valence-corrected chi connectivity index (χ3v) is 7.21. The Morgan fingerprint density at radius 3 is 2.39 bits per heavy atom. The van der Waals surface area contributed by atoms with Crippen molar-refractivity contribution in [1.29, 1.82) is 5.41 Å². The number of Topliss-reactive ketones (excluding diaryl/α,β-unsaturated/α-hetero) is 2. The molecule has 3 rings (SSSR count). The van der Waals surface area contributed by atoms with Gasteiger partial charge in [0.15, 0.2) is 5.78 Å². The summed E-state index contributed by atoms with van der Waals surface area (Å²) in [7, 11) is 0. The largest absolute Gasteiger partial charge is 0.480 e. The quantitative estimate of drug-likeness (QED) is 0.100. The summed E-state index contributed by atoms with van der Waals surface area (Å²) in [6, 6.07) is 13.6. The van der Waals surface area contributed by atoms with Gasteiger partial charge >= 0.3 is 5.97 Å². The van der Waals surface area contributed by atoms with Gasteiger partial charge in [-0.15, -0.1) is 0 Å². The molecule has 0 aliphatic heterocycles. The van der Waals surface area contributed by atoms with Crippen LogP contribution in [0.1, 0.15) is 65.9 Å². The molecule has 0 aromatic heterocycles. The van der Waals surface area contributed by atoms with Crippen LogP contribution >= 0.6 is 0 Å². The molecule has 2 aromatic rings. The van der Waals surface area contributed by atoms with E-state index in [4.69, 9.17) is 16.9 Å². The predicted octanol–water partition coefficient (Wildman–Crippen LogP) is 1.68. The number of rotatable bonds is 16. The number of carbonyl (C=O) groups is 5. The van der Waals surface area contributed by atoms with Gasteiger partial charge in [0.1, 0.15) is 11.8 Å². The second-order valence-electron chi connectivity index (χ2n) is 10.3. The fourth-order valence-corrected chi connectivity index (χ4v) is 4.90. The van der Waals surface area contributed by atoms with Crippen molar-refractivity contribution >= 4 is 35.2 Å². The van der Waals surface area contributed by atoms with E-state index >= 15 is 0 Å². The Bertz CT molecular complexity index is 1280. The maximum absolute atomic E-state index is 13.3. The molecule has 2 amide bonds. The van der Waals surface area contributed by atoms with Crippen molar-refractivity contribution < 1.29 is 29.1 Å². The number of amidine groups is 1. The first kappa shape index (κ1) is 31.2. The van der Waals surface area contributed by atoms with Crippen molar-refractivity contribution in [2.45, 2.75) is 62.9 Å². The number of benzene rings is 2. The van der Waals surface area contributed by atoms with E-state index < -0.39 is 48.2 Å². The van der Waals surface area contributed by atoms with Gasteiger partial charge < -0.3 is 27.2 Å². The number of ketones is 2. The molecule has 41 heavy (non-hydrogen) atoms. The van der Waals surface area contributed by atoms with Crippen LogP contribution in [0.2, 0.25) is 0 Å². The van der Waals surface area contributed by atoms with E-state index in [2.05, 4.69) is 10.6 Å². The van der Waals surface area contributed by atoms with Gasteiger partial charge in [-0.2, -0.15) is 0 Å². The van der Waals surface area contributed by atoms with E-state index in [1.807, 2.05) is 18.2 Å². The van der Waals surface area contributed by atoms with Gasteiger partial charge in [0.05, 0.1) is 17.8 Å². The number of nitrogens with two attached hydrogens (primary N) is 2. The summed E-state index contributed by atoms with van der Waals surface area (Å²) < 4.78 is 0. The average molecular weight is 564 g/mol. The Balaban J connectivity index is 1.64. The van der Waals surface area contributed by atoms with Crippen LogP contribution in [-0.2, 0) is 25.6 Å². The van der Waals surface area contributed by atoms with Crippen LogP contribution in [-0.4, -0.2) is 58.9 Å². The molecule has 0 fully saturated rings. The van der Waals surface area contributed by atoms with E-state index in [0.29, 0.717) is 36.8 Å². The average Bonchev–Trinajstić information content (AvgIpc) is 3.29. The minimum atomic E-state index is -1.45. The van der Waals surface area contributed by atoms with Gasteiger partial charge in [-0.3, -0.25) is 24.6 Å². The zero-order valence-electron chi connectivity index (χ0n) is 22.8. The lowest BCUT2D eigenvalue weighted by atomic mass is 9.90. The van der Waals surface area contributed by atoms with Crippen LogP contribution in [0.15, 0.2) is 54.6 Å². The Kier molecular flexibility index (Phi) is 11.3. The van der Waals surface area contributed by atoms with Crippen molar-refractivity contribution in [2.24, 2.45) is 17.4 Å². The number of aliphatic carboxylic acids is 1. The van der Waals surface area contributed by atoms with Crippen LogP contribution in [0.25, 0.3) is 0 Å². The number of carboxylic acids is 1. The molecule has 4 atom stereocenters. The van der Waals surface area contributed by atoms with Crippen molar-refractivity contribution in [1.82, 2.24) is 10.6 Å². The lowest BCUT2D eigenvalue weighted by Gasteiger charge is -2.22. The molecule has 1 aliphatic rings. The molecular formula is C30H37N5O6. The third kappa shape index (κ3) is 9.07. The number of fused-ring (bicyclic) bond motifs is 1. The SMILES string of the molecule is N=C(N)CCCC[C@H](N)C(=O)C[C@@H](Cc1ccccc1)C(=O)N[C@@H](CNC(=O)C1CC(=O)c2ccccc21)C(=O)O. The summed E-state index contributed by atoms with van der Waals surface area (Å²) in [5.74, 6) is -4.54. The first-order chi connectivity index (χ1) is 19.6. The molecule has 1 unspecified atom stereocenters. The molecule has 0 saturated carbocycles. The zero-order chi connectivity index (χ0) is 29.9. The monoisotopic (exact) mass is 563 g/mol. The number of nitrogens with one attached hydrogen (secondary N) is 3. The van der Waals surface area contributed by atoms with Gasteiger partial charge in [0.25, 0.3) is 0 Å². The lowest BCUT2D eigenvalue weighted by molar-refractivity contribution is -0.142. The summed E-state index contributed by atoms with van der Waals surface area (Å²) in [5.41, 5.74) is 13.3. The number of unbranched alkanes of at least 4 members (excludes halogenated alkanes) is 1. The van der Waals surface area contributed by atoms with Crippen LogP contribution in [0.4, 0.5) is 0 Å². The Morgan fingerprint density at radius 2 is 1.71 bits per heavy atom. The summed E-state index contributed by atoms with van der Waals surface area (Å²) in [6.07, 6.45) is 2.00. The fourth-order valence-electron chi connectivity index (χ4n) is 4.90. The molecular weight excluding hydrogens is 526 g/mol. The summed E-state index contributed by atoms with van der Waals surface area (Å²) in [6.45, 7) is -0.394. The molecule has 0 spiro atoms. The first-order valence-corrected chi connectivity index (χ1v) is 13.6. The van der Waals surface area contributed by atoms with Crippen molar-refractivity contribution in [2.75, 3.05) is 6.54 Å². The molecule has 11 nitrogen and oxygen atoms in total. The summed E-state index contributed by atoms with van der Waals surface area (Å²) in [4.78, 5) is 63.3. The Morgan fingerprint density at radius 1 is 1.02 bits per heavy atom. The number of hydrogen-bond acceptors (Lipinski definition) is 7. The molecule has 2 aromatic carbocycles. The fraction of sp³-hybridized carbons (Fsp3) is 0.400. The number of carboxylic acid groups (broad SMARTS) is 1. The standard InChI is InChI=1S/C30H37N5O6/c31-23(12-6-7-13-27(32)33)26(37)15-19(14-18-8-2-1-3-9-18)28(38)35-24(30(40)41)17-34-29(39)22-16-25(36)21-11-5-4-10-20(21)22/h1-5,8-11,19,22-24H,6-7,12-17,31H2,(H3,32,33)(H,34,39)(H,35,38)(H,40,41)/t19-,22?,23+,24+/m1/s1. The molecule has 0 saturated heterocycles. The zero-order valence-corrected chi connectivity index (χ0v) is 22.8. The maximum atomic E-state index is 13.3. The molecule has 0 bridgehead atoms. The predicted molar refractivity (Wildman–Crippen MR) is 152 cm³/mol. The Hall–Kier alpha value is -4.38. The molecule has 11 heteroatoms. The molecule has 8 N–H and O–H groups in total. The smallest absolute Gasteiger partial charge is 0.328 e. The lowest BCUT2D eigenvalue weighted by Crippen LogP contribution is -2.51. The van der Waals surface area contributed by atoms with Gasteiger partial charge in [0, 0.05) is 37.3 Å². The highest BCUT2D eigenvalue weighted by molar-refractivity contribution is 6.06. The van der Waals surface area contributed by atoms with Crippen LogP contribution in [0.3, 0.4) is 0 Å². The summed E-state index contributed by atoms with van der Waals surface area (Å²) in [5, 5.41) is 22.1. The number of carbonyl (C=O) groups excluding carboxylic acids is 4. The van der Waals surface area contributed by atoms with Gasteiger partial charge in [-0.25, -0.2) is 4.79 Å². The minimum absolute atomic E-state index is 0.00839. The molecule has 0 heterocycles. The summed E-state index contributed by atoms with van der Waals surface area (Å²) >= 11 is 0. The van der Waals surface area contributed by atoms with E-state index in [1.54, 1.807) is 36.4 Å². The van der Waals surface area contributed by atoms with Gasteiger partial charge in [-0.1, -0.05) is 61.0 Å². The highest BCUT2D eigenvalue weighted by Gasteiger charge is 2.35. The maximum Gasteiger partial charge on any atom is 0.328 e. The topological polar surface area (TPSA) is 206 Å². The van der Waals surface area contributed by atoms with Gasteiger partial charge in [0.2, 0.25) is 11.8 Å². The molecule has 0 radical (unpaired) electrons. The van der Waals surface area contributed by atoms with Gasteiger partial charge in [-0.05, 0) is 30.4 Å². The van der Waals surface area contributed by atoms with E-state index in [9.17, 15) is 29.1 Å². The molecule has 1 aliphatic carbocycles. The van der Waals surface area contributed by atoms with Crippen LogP contribution < -0.4 is 22.1 Å². The normalized spacial score (nSPS) is 16.2. The van der Waals surface area contributed by atoms with Crippen LogP contribution in [0, 0.1) is 11.3 Å². The van der Waals surface area contributed by atoms with Crippen molar-refractivity contribution in [3.05, 3.63) is 71.3 Å². The first-order valence-electron chi connectivity index (χ1n) is 13.6. The minimum Gasteiger partial charge on any atom is -0.480 e. The number of amides is 2. The third-order valence-electron chi connectivity index (χ3n) is 7.21. The van der Waals surface area contributed by atoms with Crippen molar-refractivity contribution in [3.8, 4) is 0 Å². The van der Waals surface area contributed by atoms with E-state index in [0.717, 1.165) is 5.56 Å². The highest BCUT2D eigenvalue weighted by Crippen LogP contribution is 2.32. The van der Waals surface area contributed by atoms with E-state index in [1.165, 1.54) is 0 Å². The van der Waals surface area contributed by atoms with E-state index in [-0.39, 0.29) is 36.7 Å². The van der Waals surface area contributed by atoms with Crippen LogP contribution in [0.5, 0.6) is 0 Å². The number of hydrogen-bond donors (Lipinski definition) is 6. The highest BCUT2D eigenvalue weighted by atomic mass is 16.4. The second kappa shape index (κ2) is 14.8. The second-order valence-corrected chi connectivity index (χ2v) is 10.3. The molecule has 218 valence electrons.